The Kier molecular flexibility index (Phi) is 6.75. The predicted molar refractivity (Wildman–Crippen MR) is 122 cm³/mol. The zero-order chi connectivity index (χ0) is 18.5. The molecule has 0 radical (unpaired) electrons. The van der Waals surface area contributed by atoms with Crippen molar-refractivity contribution in [3.05, 3.63) is 72.3 Å². The predicted octanol–water partition coefficient (Wildman–Crippen LogP) is 3.15. The number of pyridine rings is 2. The van der Waals surface area contributed by atoms with Gasteiger partial charge in [-0.15, -0.1) is 34.2 Å². The highest BCUT2D eigenvalue weighted by Gasteiger charge is 2.06. The van der Waals surface area contributed by atoms with E-state index in [0.717, 1.165) is 40.4 Å². The third kappa shape index (κ3) is 4.38. The molecule has 144 valence electrons. The molecular formula is C20H22IN7. The van der Waals surface area contributed by atoms with Crippen LogP contribution in [0.5, 0.6) is 0 Å². The molecule has 0 unspecified atom stereocenters. The van der Waals surface area contributed by atoms with Crippen molar-refractivity contribution in [1.82, 2.24) is 30.2 Å². The molecule has 0 saturated heterocycles. The summed E-state index contributed by atoms with van der Waals surface area (Å²) in [7, 11) is 0. The topological polar surface area (TPSA) is 79.5 Å². The number of fused-ring (bicyclic) bond motifs is 2. The van der Waals surface area contributed by atoms with Gasteiger partial charge < -0.3 is 10.6 Å². The van der Waals surface area contributed by atoms with Gasteiger partial charge in [0, 0.05) is 24.3 Å². The Bertz CT molecular complexity index is 1080. The molecule has 0 bridgehead atoms. The van der Waals surface area contributed by atoms with Gasteiger partial charge in [-0.25, -0.2) is 4.99 Å². The first-order valence-corrected chi connectivity index (χ1v) is 8.98. The van der Waals surface area contributed by atoms with Crippen molar-refractivity contribution in [3.8, 4) is 0 Å². The molecule has 4 aromatic rings. The molecule has 28 heavy (non-hydrogen) atoms. The summed E-state index contributed by atoms with van der Waals surface area (Å²) < 4.78 is 1.97. The summed E-state index contributed by atoms with van der Waals surface area (Å²) in [6.07, 6.45) is 3.79. The lowest BCUT2D eigenvalue weighted by atomic mass is 10.1. The lowest BCUT2D eigenvalue weighted by Crippen LogP contribution is -2.37. The first kappa shape index (κ1) is 20.0. The lowest BCUT2D eigenvalue weighted by molar-refractivity contribution is 0.765. The van der Waals surface area contributed by atoms with Gasteiger partial charge in [-0.3, -0.25) is 9.38 Å². The molecule has 2 N–H and O–H groups in total. The molecule has 3 aromatic heterocycles. The number of rotatable bonds is 5. The highest BCUT2D eigenvalue weighted by molar-refractivity contribution is 14.0. The Morgan fingerprint density at radius 3 is 2.79 bits per heavy atom. The van der Waals surface area contributed by atoms with Crippen LogP contribution in [0.2, 0.25) is 0 Å². The van der Waals surface area contributed by atoms with E-state index in [9.17, 15) is 0 Å². The number of nitrogens with one attached hydrogen (secondary N) is 2. The first-order valence-electron chi connectivity index (χ1n) is 8.98. The van der Waals surface area contributed by atoms with E-state index in [0.29, 0.717) is 13.1 Å². The average Bonchev–Trinajstić information content (AvgIpc) is 3.13. The molecule has 7 nitrogen and oxygen atoms in total. The molecule has 0 atom stereocenters. The Labute approximate surface area is 180 Å². The number of guanidine groups is 1. The molecule has 0 aliphatic carbocycles. The summed E-state index contributed by atoms with van der Waals surface area (Å²) in [4.78, 5) is 9.13. The molecule has 0 saturated carbocycles. The average molecular weight is 487 g/mol. The zero-order valence-electron chi connectivity index (χ0n) is 15.5. The van der Waals surface area contributed by atoms with Crippen LogP contribution in [0.4, 0.5) is 0 Å². The summed E-state index contributed by atoms with van der Waals surface area (Å²) in [5, 5.41) is 16.2. The normalized spacial score (nSPS) is 11.4. The Hall–Kier alpha value is -2.75. The molecule has 4 rings (SSSR count). The largest absolute Gasteiger partial charge is 0.357 e. The highest BCUT2D eigenvalue weighted by atomic mass is 127. The number of hydrogen-bond acceptors (Lipinski definition) is 4. The van der Waals surface area contributed by atoms with Gasteiger partial charge in [0.05, 0.1) is 18.6 Å². The van der Waals surface area contributed by atoms with Gasteiger partial charge in [0.25, 0.3) is 0 Å². The van der Waals surface area contributed by atoms with Crippen LogP contribution >= 0.6 is 24.0 Å². The molecule has 0 spiro atoms. The minimum absolute atomic E-state index is 0. The third-order valence-electron chi connectivity index (χ3n) is 4.29. The van der Waals surface area contributed by atoms with Crippen molar-refractivity contribution >= 4 is 46.5 Å². The van der Waals surface area contributed by atoms with Gasteiger partial charge in [-0.05, 0) is 36.8 Å². The zero-order valence-corrected chi connectivity index (χ0v) is 17.9. The molecule has 0 aliphatic rings. The van der Waals surface area contributed by atoms with Gasteiger partial charge >= 0.3 is 0 Å². The van der Waals surface area contributed by atoms with Crippen LogP contribution in [-0.4, -0.2) is 32.1 Å². The first-order chi connectivity index (χ1) is 13.3. The quantitative estimate of drug-likeness (QED) is 0.257. The fraction of sp³-hybridized carbons (Fsp3) is 0.200. The molecule has 0 aliphatic heterocycles. The number of nitrogens with zero attached hydrogens (tertiary/aromatic N) is 5. The minimum Gasteiger partial charge on any atom is -0.357 e. The van der Waals surface area contributed by atoms with Crippen LogP contribution in [0.1, 0.15) is 18.3 Å². The minimum atomic E-state index is 0. The third-order valence-corrected chi connectivity index (χ3v) is 4.29. The number of benzene rings is 1. The second-order valence-corrected chi connectivity index (χ2v) is 6.08. The van der Waals surface area contributed by atoms with Crippen molar-refractivity contribution in [2.24, 2.45) is 4.99 Å². The number of halogens is 1. The van der Waals surface area contributed by atoms with Crippen LogP contribution in [0.3, 0.4) is 0 Å². The van der Waals surface area contributed by atoms with E-state index in [1.165, 1.54) is 0 Å². The summed E-state index contributed by atoms with van der Waals surface area (Å²) in [6.45, 7) is 3.93. The molecule has 3 heterocycles. The van der Waals surface area contributed by atoms with E-state index in [-0.39, 0.29) is 24.0 Å². The molecule has 0 fully saturated rings. The number of hydrogen-bond donors (Lipinski definition) is 2. The van der Waals surface area contributed by atoms with E-state index in [2.05, 4.69) is 31.9 Å². The lowest BCUT2D eigenvalue weighted by Gasteiger charge is -2.11. The summed E-state index contributed by atoms with van der Waals surface area (Å²) >= 11 is 0. The fourth-order valence-electron chi connectivity index (χ4n) is 2.97. The number of aromatic nitrogens is 4. The SMILES string of the molecule is CCNC(=NCc1ccnc2ccccc12)NCc1nnc2ccccn12.I. The van der Waals surface area contributed by atoms with Gasteiger partial charge in [-0.2, -0.15) is 0 Å². The molecule has 8 heteroatoms. The van der Waals surface area contributed by atoms with Crippen molar-refractivity contribution < 1.29 is 0 Å². The molecule has 0 amide bonds. The Balaban J connectivity index is 0.00000225. The van der Waals surface area contributed by atoms with Crippen LogP contribution in [-0.2, 0) is 13.1 Å². The number of para-hydroxylation sites is 1. The molecule has 1 aromatic carbocycles. The van der Waals surface area contributed by atoms with E-state index < -0.39 is 0 Å². The monoisotopic (exact) mass is 487 g/mol. The smallest absolute Gasteiger partial charge is 0.191 e. The van der Waals surface area contributed by atoms with Gasteiger partial charge in [0.1, 0.15) is 0 Å². The van der Waals surface area contributed by atoms with E-state index in [1.54, 1.807) is 0 Å². The second kappa shape index (κ2) is 9.45. The van der Waals surface area contributed by atoms with Crippen molar-refractivity contribution in [3.63, 3.8) is 0 Å². The maximum absolute atomic E-state index is 4.72. The highest BCUT2D eigenvalue weighted by Crippen LogP contribution is 2.16. The standard InChI is InChI=1S/C20H21N7.HI/c1-2-21-20(24-14-19-26-25-18-9-5-6-12-27(18)19)23-13-15-10-11-22-17-8-4-3-7-16(15)17;/h3-12H,2,13-14H2,1H3,(H2,21,23,24);1H. The summed E-state index contributed by atoms with van der Waals surface area (Å²) in [5.74, 6) is 1.58. The Morgan fingerprint density at radius 1 is 1.04 bits per heavy atom. The van der Waals surface area contributed by atoms with Crippen molar-refractivity contribution in [2.75, 3.05) is 6.54 Å². The van der Waals surface area contributed by atoms with Crippen molar-refractivity contribution in [1.29, 1.82) is 0 Å². The molecular weight excluding hydrogens is 465 g/mol. The van der Waals surface area contributed by atoms with Crippen molar-refractivity contribution in [2.45, 2.75) is 20.0 Å². The van der Waals surface area contributed by atoms with Crippen LogP contribution in [0, 0.1) is 0 Å². The van der Waals surface area contributed by atoms with Gasteiger partial charge in [0.15, 0.2) is 17.4 Å². The maximum Gasteiger partial charge on any atom is 0.191 e. The summed E-state index contributed by atoms with van der Waals surface area (Å²) in [6, 6.07) is 16.0. The van der Waals surface area contributed by atoms with Gasteiger partial charge in [0.2, 0.25) is 0 Å². The fourth-order valence-corrected chi connectivity index (χ4v) is 2.97. The Morgan fingerprint density at radius 2 is 1.89 bits per heavy atom. The van der Waals surface area contributed by atoms with Crippen LogP contribution < -0.4 is 10.6 Å². The second-order valence-electron chi connectivity index (χ2n) is 6.08. The van der Waals surface area contributed by atoms with Crippen LogP contribution in [0.25, 0.3) is 16.6 Å². The number of aliphatic imine (C=N–C) groups is 1. The van der Waals surface area contributed by atoms with E-state index in [4.69, 9.17) is 4.99 Å². The van der Waals surface area contributed by atoms with Gasteiger partial charge in [-0.1, -0.05) is 24.3 Å². The maximum atomic E-state index is 4.72. The van der Waals surface area contributed by atoms with Crippen LogP contribution in [0.15, 0.2) is 65.9 Å². The summed E-state index contributed by atoms with van der Waals surface area (Å²) in [5.41, 5.74) is 2.96. The van der Waals surface area contributed by atoms with E-state index >= 15 is 0 Å². The van der Waals surface area contributed by atoms with E-state index in [1.807, 2.05) is 66.2 Å².